The Morgan fingerprint density at radius 3 is 2.71 bits per heavy atom. The summed E-state index contributed by atoms with van der Waals surface area (Å²) >= 11 is 1.57. The van der Waals surface area contributed by atoms with Gasteiger partial charge in [-0.25, -0.2) is 13.1 Å². The second-order valence-corrected chi connectivity index (χ2v) is 8.32. The first-order chi connectivity index (χ1) is 9.98. The number of carboxylic acids is 1. The summed E-state index contributed by atoms with van der Waals surface area (Å²) in [4.78, 5) is 11.5. The molecule has 0 bridgehead atoms. The van der Waals surface area contributed by atoms with Crippen molar-refractivity contribution in [2.75, 3.05) is 5.75 Å². The Kier molecular flexibility index (Phi) is 5.78. The predicted molar refractivity (Wildman–Crippen MR) is 82.8 cm³/mol. The van der Waals surface area contributed by atoms with Gasteiger partial charge in [0, 0.05) is 11.3 Å². The van der Waals surface area contributed by atoms with E-state index in [1.165, 1.54) is 0 Å². The zero-order chi connectivity index (χ0) is 15.3. The summed E-state index contributed by atoms with van der Waals surface area (Å²) < 4.78 is 27.2. The molecule has 1 atom stereocenters. The third-order valence-corrected chi connectivity index (χ3v) is 6.23. The van der Waals surface area contributed by atoms with E-state index in [9.17, 15) is 13.2 Å². The van der Waals surface area contributed by atoms with Crippen molar-refractivity contribution in [2.45, 2.75) is 44.6 Å². The highest BCUT2D eigenvalue weighted by atomic mass is 32.2. The normalized spacial score (nSPS) is 17.9. The average molecular weight is 331 g/mol. The van der Waals surface area contributed by atoms with Gasteiger partial charge in [-0.1, -0.05) is 18.9 Å². The van der Waals surface area contributed by atoms with Crippen LogP contribution in [-0.4, -0.2) is 25.2 Å². The molecule has 0 amide bonds. The van der Waals surface area contributed by atoms with Crippen molar-refractivity contribution >= 4 is 27.3 Å². The fourth-order valence-electron chi connectivity index (χ4n) is 2.81. The molecule has 1 fully saturated rings. The predicted octanol–water partition coefficient (Wildman–Crippen LogP) is 2.76. The van der Waals surface area contributed by atoms with Crippen molar-refractivity contribution < 1.29 is 18.3 Å². The molecule has 0 spiro atoms. The van der Waals surface area contributed by atoms with Gasteiger partial charge in [-0.3, -0.25) is 4.79 Å². The SMILES string of the molecule is O=C(O)CCCS(=O)(=O)NC(c1cccs1)C1CCCC1. The monoisotopic (exact) mass is 331 g/mol. The average Bonchev–Trinajstić information content (AvgIpc) is 3.09. The van der Waals surface area contributed by atoms with Crippen LogP contribution < -0.4 is 4.72 Å². The van der Waals surface area contributed by atoms with E-state index in [0.29, 0.717) is 5.92 Å². The highest BCUT2D eigenvalue weighted by Crippen LogP contribution is 2.37. The van der Waals surface area contributed by atoms with Gasteiger partial charge in [-0.2, -0.15) is 0 Å². The molecule has 1 aromatic rings. The maximum atomic E-state index is 12.2. The fourth-order valence-corrected chi connectivity index (χ4v) is 5.10. The minimum absolute atomic E-state index is 0.117. The number of hydrogen-bond donors (Lipinski definition) is 2. The summed E-state index contributed by atoms with van der Waals surface area (Å²) in [5, 5.41) is 10.6. The molecule has 0 aromatic carbocycles. The summed E-state index contributed by atoms with van der Waals surface area (Å²) in [6, 6.07) is 3.73. The van der Waals surface area contributed by atoms with Crippen molar-refractivity contribution in [1.82, 2.24) is 4.72 Å². The van der Waals surface area contributed by atoms with E-state index < -0.39 is 16.0 Å². The lowest BCUT2D eigenvalue weighted by Gasteiger charge is -2.23. The largest absolute Gasteiger partial charge is 0.481 e. The lowest BCUT2D eigenvalue weighted by atomic mass is 9.98. The van der Waals surface area contributed by atoms with E-state index in [4.69, 9.17) is 5.11 Å². The number of thiophene rings is 1. The van der Waals surface area contributed by atoms with E-state index in [-0.39, 0.29) is 24.6 Å². The first-order valence-corrected chi connectivity index (χ1v) is 9.76. The molecule has 1 aliphatic rings. The van der Waals surface area contributed by atoms with Gasteiger partial charge in [-0.05, 0) is 36.6 Å². The van der Waals surface area contributed by atoms with Gasteiger partial charge in [0.05, 0.1) is 11.8 Å². The molecule has 1 aromatic heterocycles. The zero-order valence-electron chi connectivity index (χ0n) is 11.8. The Morgan fingerprint density at radius 2 is 2.14 bits per heavy atom. The number of sulfonamides is 1. The summed E-state index contributed by atoms with van der Waals surface area (Å²) in [5.41, 5.74) is 0. The Labute approximate surface area is 129 Å². The van der Waals surface area contributed by atoms with Gasteiger partial charge in [-0.15, -0.1) is 11.3 Å². The van der Waals surface area contributed by atoms with Crippen molar-refractivity contribution in [3.8, 4) is 0 Å². The molecule has 0 radical (unpaired) electrons. The first kappa shape index (κ1) is 16.5. The van der Waals surface area contributed by atoms with Crippen LogP contribution in [0.25, 0.3) is 0 Å². The highest BCUT2D eigenvalue weighted by molar-refractivity contribution is 7.89. The molecule has 1 aliphatic carbocycles. The van der Waals surface area contributed by atoms with Gasteiger partial charge in [0.15, 0.2) is 0 Å². The van der Waals surface area contributed by atoms with Crippen molar-refractivity contribution in [2.24, 2.45) is 5.92 Å². The van der Waals surface area contributed by atoms with Crippen molar-refractivity contribution in [3.05, 3.63) is 22.4 Å². The third kappa shape index (κ3) is 5.09. The maximum absolute atomic E-state index is 12.2. The molecule has 7 heteroatoms. The van der Waals surface area contributed by atoms with Gasteiger partial charge >= 0.3 is 5.97 Å². The van der Waals surface area contributed by atoms with Crippen molar-refractivity contribution in [1.29, 1.82) is 0 Å². The van der Waals surface area contributed by atoms with Gasteiger partial charge in [0.25, 0.3) is 0 Å². The zero-order valence-corrected chi connectivity index (χ0v) is 13.5. The second kappa shape index (κ2) is 7.38. The number of aliphatic carboxylic acids is 1. The fraction of sp³-hybridized carbons (Fsp3) is 0.643. The molecule has 0 aliphatic heterocycles. The lowest BCUT2D eigenvalue weighted by molar-refractivity contribution is -0.137. The highest BCUT2D eigenvalue weighted by Gasteiger charge is 2.30. The summed E-state index contributed by atoms with van der Waals surface area (Å²) in [6.07, 6.45) is 4.40. The van der Waals surface area contributed by atoms with Crippen LogP contribution >= 0.6 is 11.3 Å². The van der Waals surface area contributed by atoms with E-state index in [1.54, 1.807) is 11.3 Å². The number of carboxylic acid groups (broad SMARTS) is 1. The topological polar surface area (TPSA) is 83.5 Å². The van der Waals surface area contributed by atoms with Crippen LogP contribution in [-0.2, 0) is 14.8 Å². The molecule has 118 valence electrons. The number of hydrogen-bond acceptors (Lipinski definition) is 4. The second-order valence-electron chi connectivity index (χ2n) is 5.47. The molecule has 1 heterocycles. The Balaban J connectivity index is 2.02. The van der Waals surface area contributed by atoms with E-state index >= 15 is 0 Å². The first-order valence-electron chi connectivity index (χ1n) is 7.23. The molecule has 21 heavy (non-hydrogen) atoms. The van der Waals surface area contributed by atoms with Gasteiger partial charge in [0.2, 0.25) is 10.0 Å². The molecule has 1 unspecified atom stereocenters. The molecule has 2 N–H and O–H groups in total. The van der Waals surface area contributed by atoms with Crippen LogP contribution in [0.4, 0.5) is 0 Å². The Hall–Kier alpha value is -0.920. The van der Waals surface area contributed by atoms with E-state index in [1.807, 2.05) is 17.5 Å². The minimum atomic E-state index is -3.45. The maximum Gasteiger partial charge on any atom is 0.303 e. The number of rotatable bonds is 8. The third-order valence-electron chi connectivity index (χ3n) is 3.83. The van der Waals surface area contributed by atoms with Gasteiger partial charge < -0.3 is 5.11 Å². The Morgan fingerprint density at radius 1 is 1.43 bits per heavy atom. The molecule has 0 saturated heterocycles. The molecule has 1 saturated carbocycles. The van der Waals surface area contributed by atoms with Crippen LogP contribution in [0.5, 0.6) is 0 Å². The molecular formula is C14H21NO4S2. The summed E-state index contributed by atoms with van der Waals surface area (Å²) in [6.45, 7) is 0. The van der Waals surface area contributed by atoms with E-state index in [2.05, 4.69) is 4.72 Å². The van der Waals surface area contributed by atoms with E-state index in [0.717, 1.165) is 30.6 Å². The number of carbonyl (C=O) groups is 1. The molecular weight excluding hydrogens is 310 g/mol. The van der Waals surface area contributed by atoms with Crippen LogP contribution in [0.1, 0.15) is 49.4 Å². The van der Waals surface area contributed by atoms with Crippen LogP contribution in [0.2, 0.25) is 0 Å². The Bertz CT molecular complexity index is 548. The van der Waals surface area contributed by atoms with Crippen LogP contribution in [0, 0.1) is 5.92 Å². The number of nitrogens with one attached hydrogen (secondary N) is 1. The van der Waals surface area contributed by atoms with Gasteiger partial charge in [0.1, 0.15) is 0 Å². The smallest absolute Gasteiger partial charge is 0.303 e. The standard InChI is InChI=1S/C14H21NO4S2/c16-13(17)8-4-10-21(18,19)15-14(11-5-1-2-6-11)12-7-3-9-20-12/h3,7,9,11,14-15H,1-2,4-6,8,10H2,(H,16,17). The summed E-state index contributed by atoms with van der Waals surface area (Å²) in [5.74, 6) is -0.748. The summed E-state index contributed by atoms with van der Waals surface area (Å²) in [7, 11) is -3.45. The molecule has 2 rings (SSSR count). The van der Waals surface area contributed by atoms with Crippen molar-refractivity contribution in [3.63, 3.8) is 0 Å². The molecule has 5 nitrogen and oxygen atoms in total. The minimum Gasteiger partial charge on any atom is -0.481 e. The van der Waals surface area contributed by atoms with Crippen LogP contribution in [0.15, 0.2) is 17.5 Å². The van der Waals surface area contributed by atoms with Crippen LogP contribution in [0.3, 0.4) is 0 Å². The lowest BCUT2D eigenvalue weighted by Crippen LogP contribution is -2.34. The quantitative estimate of drug-likeness (QED) is 0.767.